The summed E-state index contributed by atoms with van der Waals surface area (Å²) in [7, 11) is 0. The minimum absolute atomic E-state index is 0.0259. The molecule has 0 bridgehead atoms. The fourth-order valence-corrected chi connectivity index (χ4v) is 4.11. The van der Waals surface area contributed by atoms with Gasteiger partial charge in [-0.15, -0.1) is 0 Å². The Labute approximate surface area is 161 Å². The fraction of sp³-hybridized carbons (Fsp3) is 0.435. The molecule has 0 spiro atoms. The molecular formula is C23H28N2O2. The van der Waals surface area contributed by atoms with Gasteiger partial charge < -0.3 is 15.0 Å². The number of amides is 1. The molecule has 4 heteroatoms. The second-order valence-corrected chi connectivity index (χ2v) is 7.66. The molecule has 1 atom stereocenters. The second-order valence-electron chi connectivity index (χ2n) is 7.66. The summed E-state index contributed by atoms with van der Waals surface area (Å²) in [6, 6.07) is 19.0. The van der Waals surface area contributed by atoms with E-state index in [4.69, 9.17) is 4.74 Å². The third-order valence-electron chi connectivity index (χ3n) is 5.70. The fourth-order valence-electron chi connectivity index (χ4n) is 4.11. The highest BCUT2D eigenvalue weighted by molar-refractivity contribution is 5.94. The van der Waals surface area contributed by atoms with Crippen LogP contribution in [0.3, 0.4) is 0 Å². The minimum atomic E-state index is -0.284. The molecule has 2 aliphatic heterocycles. The van der Waals surface area contributed by atoms with E-state index in [9.17, 15) is 4.79 Å². The smallest absolute Gasteiger partial charge is 0.253 e. The molecule has 0 saturated carbocycles. The molecule has 1 unspecified atom stereocenters. The summed E-state index contributed by atoms with van der Waals surface area (Å²) in [5.74, 6) is 0.746. The number of rotatable bonds is 5. The lowest BCUT2D eigenvalue weighted by molar-refractivity contribution is -0.124. The predicted molar refractivity (Wildman–Crippen MR) is 109 cm³/mol. The maximum Gasteiger partial charge on any atom is 0.253 e. The van der Waals surface area contributed by atoms with E-state index >= 15 is 0 Å². The molecule has 4 rings (SSSR count). The molecule has 0 aliphatic carbocycles. The normalized spacial score (nSPS) is 20.6. The van der Waals surface area contributed by atoms with Crippen molar-refractivity contribution in [3.8, 4) is 0 Å². The van der Waals surface area contributed by atoms with Crippen LogP contribution >= 0.6 is 0 Å². The van der Waals surface area contributed by atoms with Crippen molar-refractivity contribution < 1.29 is 9.53 Å². The Morgan fingerprint density at radius 2 is 1.74 bits per heavy atom. The van der Waals surface area contributed by atoms with Gasteiger partial charge >= 0.3 is 0 Å². The first-order chi connectivity index (χ1) is 13.3. The van der Waals surface area contributed by atoms with Crippen LogP contribution in [0.1, 0.15) is 31.2 Å². The van der Waals surface area contributed by atoms with Crippen LogP contribution in [0.2, 0.25) is 0 Å². The number of benzene rings is 2. The number of anilines is 2. The van der Waals surface area contributed by atoms with Crippen LogP contribution in [0.25, 0.3) is 0 Å². The Balaban J connectivity index is 1.27. The van der Waals surface area contributed by atoms with Gasteiger partial charge in [-0.3, -0.25) is 4.79 Å². The SMILES string of the molecule is O=C(Nc1ccc(N2CCC(Cc3ccccc3)CC2)cc1)C1CCCO1. The molecule has 0 radical (unpaired) electrons. The third-order valence-corrected chi connectivity index (χ3v) is 5.70. The quantitative estimate of drug-likeness (QED) is 0.862. The largest absolute Gasteiger partial charge is 0.372 e. The van der Waals surface area contributed by atoms with Crippen LogP contribution in [0, 0.1) is 5.92 Å². The van der Waals surface area contributed by atoms with Crippen LogP contribution in [0.5, 0.6) is 0 Å². The van der Waals surface area contributed by atoms with Crippen molar-refractivity contribution in [1.82, 2.24) is 0 Å². The van der Waals surface area contributed by atoms with Crippen LogP contribution in [-0.2, 0) is 16.0 Å². The van der Waals surface area contributed by atoms with Crippen molar-refractivity contribution >= 4 is 17.3 Å². The molecule has 2 fully saturated rings. The van der Waals surface area contributed by atoms with Crippen molar-refractivity contribution in [3.63, 3.8) is 0 Å². The minimum Gasteiger partial charge on any atom is -0.372 e. The van der Waals surface area contributed by atoms with E-state index in [1.807, 2.05) is 12.1 Å². The Morgan fingerprint density at radius 1 is 1.00 bits per heavy atom. The third kappa shape index (κ3) is 4.69. The lowest BCUT2D eigenvalue weighted by Crippen LogP contribution is -2.34. The zero-order valence-corrected chi connectivity index (χ0v) is 15.8. The lowest BCUT2D eigenvalue weighted by Gasteiger charge is -2.33. The summed E-state index contributed by atoms with van der Waals surface area (Å²) in [5, 5.41) is 2.97. The molecule has 2 aromatic rings. The standard InChI is InChI=1S/C23H28N2O2/c26-23(22-7-4-16-27-22)24-20-8-10-21(11-9-20)25-14-12-19(13-15-25)17-18-5-2-1-3-6-18/h1-3,5-6,8-11,19,22H,4,7,12-17H2,(H,24,26). The summed E-state index contributed by atoms with van der Waals surface area (Å²) >= 11 is 0. The highest BCUT2D eigenvalue weighted by Gasteiger charge is 2.24. The second kappa shape index (κ2) is 8.57. The molecular weight excluding hydrogens is 336 g/mol. The van der Waals surface area contributed by atoms with Gasteiger partial charge in [0, 0.05) is 31.1 Å². The number of ether oxygens (including phenoxy) is 1. The van der Waals surface area contributed by atoms with E-state index in [-0.39, 0.29) is 12.0 Å². The molecule has 1 N–H and O–H groups in total. The van der Waals surface area contributed by atoms with Crippen molar-refractivity contribution in [2.75, 3.05) is 29.9 Å². The van der Waals surface area contributed by atoms with E-state index in [2.05, 4.69) is 52.7 Å². The molecule has 2 heterocycles. The number of nitrogens with one attached hydrogen (secondary N) is 1. The Morgan fingerprint density at radius 3 is 2.41 bits per heavy atom. The zero-order chi connectivity index (χ0) is 18.5. The predicted octanol–water partition coefficient (Wildman–Crippen LogP) is 4.26. The van der Waals surface area contributed by atoms with Gasteiger partial charge in [-0.2, -0.15) is 0 Å². The molecule has 2 saturated heterocycles. The van der Waals surface area contributed by atoms with Gasteiger partial charge in [0.05, 0.1) is 0 Å². The molecule has 142 valence electrons. The van der Waals surface area contributed by atoms with Crippen molar-refractivity contribution in [3.05, 3.63) is 60.2 Å². The van der Waals surface area contributed by atoms with Crippen molar-refractivity contribution in [1.29, 1.82) is 0 Å². The number of nitrogens with zero attached hydrogens (tertiary/aromatic N) is 1. The summed E-state index contributed by atoms with van der Waals surface area (Å²) < 4.78 is 5.44. The summed E-state index contributed by atoms with van der Waals surface area (Å²) in [5.41, 5.74) is 3.53. The average molecular weight is 364 g/mol. The maximum atomic E-state index is 12.1. The van der Waals surface area contributed by atoms with Crippen LogP contribution in [0.15, 0.2) is 54.6 Å². The highest BCUT2D eigenvalue weighted by atomic mass is 16.5. The van der Waals surface area contributed by atoms with E-state index in [0.29, 0.717) is 6.61 Å². The summed E-state index contributed by atoms with van der Waals surface area (Å²) in [4.78, 5) is 14.6. The molecule has 1 amide bonds. The topological polar surface area (TPSA) is 41.6 Å². The average Bonchev–Trinajstić information content (AvgIpc) is 3.25. The molecule has 27 heavy (non-hydrogen) atoms. The van der Waals surface area contributed by atoms with Crippen LogP contribution in [-0.4, -0.2) is 31.7 Å². The monoisotopic (exact) mass is 364 g/mol. The first kappa shape index (κ1) is 18.1. The van der Waals surface area contributed by atoms with Crippen LogP contribution < -0.4 is 10.2 Å². The zero-order valence-electron chi connectivity index (χ0n) is 15.8. The van der Waals surface area contributed by atoms with Crippen molar-refractivity contribution in [2.24, 2.45) is 5.92 Å². The number of hydrogen-bond donors (Lipinski definition) is 1. The number of carbonyl (C=O) groups is 1. The van der Waals surface area contributed by atoms with E-state index in [1.165, 1.54) is 30.5 Å². The van der Waals surface area contributed by atoms with Gasteiger partial charge in [-0.05, 0) is 67.9 Å². The number of hydrogen-bond acceptors (Lipinski definition) is 3. The first-order valence-corrected chi connectivity index (χ1v) is 10.1. The Bertz CT molecular complexity index is 731. The molecule has 4 nitrogen and oxygen atoms in total. The highest BCUT2D eigenvalue weighted by Crippen LogP contribution is 2.27. The van der Waals surface area contributed by atoms with Crippen molar-refractivity contribution in [2.45, 2.75) is 38.2 Å². The summed E-state index contributed by atoms with van der Waals surface area (Å²) in [6.45, 7) is 2.88. The number of piperidine rings is 1. The Hall–Kier alpha value is -2.33. The van der Waals surface area contributed by atoms with Crippen LogP contribution in [0.4, 0.5) is 11.4 Å². The van der Waals surface area contributed by atoms with Gasteiger partial charge in [0.1, 0.15) is 6.10 Å². The Kier molecular flexibility index (Phi) is 5.73. The van der Waals surface area contributed by atoms with Gasteiger partial charge in [-0.25, -0.2) is 0 Å². The van der Waals surface area contributed by atoms with Gasteiger partial charge in [0.2, 0.25) is 0 Å². The van der Waals surface area contributed by atoms with E-state index in [1.54, 1.807) is 0 Å². The molecule has 2 aliphatic rings. The lowest BCUT2D eigenvalue weighted by atomic mass is 9.90. The summed E-state index contributed by atoms with van der Waals surface area (Å²) in [6.07, 6.45) is 5.15. The number of carbonyl (C=O) groups excluding carboxylic acids is 1. The van der Waals surface area contributed by atoms with Gasteiger partial charge in [0.15, 0.2) is 0 Å². The van der Waals surface area contributed by atoms with Gasteiger partial charge in [-0.1, -0.05) is 30.3 Å². The maximum absolute atomic E-state index is 12.1. The molecule has 2 aromatic carbocycles. The first-order valence-electron chi connectivity index (χ1n) is 10.1. The van der Waals surface area contributed by atoms with E-state index in [0.717, 1.165) is 37.5 Å². The van der Waals surface area contributed by atoms with E-state index < -0.39 is 0 Å². The molecule has 0 aromatic heterocycles. The van der Waals surface area contributed by atoms with Gasteiger partial charge in [0.25, 0.3) is 5.91 Å².